The smallest absolute Gasteiger partial charge is 0.246 e. The molecule has 3 aliphatic carbocycles. The van der Waals surface area contributed by atoms with Gasteiger partial charge in [-0.25, -0.2) is 0 Å². The highest BCUT2D eigenvalue weighted by Gasteiger charge is 2.65. The number of carbonyl (C=O) groups excluding carboxylic acids is 3. The van der Waals surface area contributed by atoms with E-state index in [2.05, 4.69) is 32.2 Å². The molecule has 5 rings (SSSR count). The lowest BCUT2D eigenvalue weighted by atomic mass is 9.42. The number of nitrogens with one attached hydrogen (secondary N) is 1. The molecule has 0 spiro atoms. The van der Waals surface area contributed by atoms with Gasteiger partial charge in [-0.2, -0.15) is 0 Å². The number of amides is 3. The Morgan fingerprint density at radius 2 is 1.74 bits per heavy atom. The van der Waals surface area contributed by atoms with Crippen molar-refractivity contribution in [2.75, 3.05) is 26.7 Å². The molecule has 0 aromatic carbocycles. The lowest BCUT2D eigenvalue weighted by Gasteiger charge is -2.64. The third-order valence-corrected chi connectivity index (χ3v) is 11.3. The summed E-state index contributed by atoms with van der Waals surface area (Å²) in [4.78, 5) is 40.6. The van der Waals surface area contributed by atoms with Gasteiger partial charge in [-0.3, -0.25) is 14.4 Å². The summed E-state index contributed by atoms with van der Waals surface area (Å²) in [7, 11) is 1.98. The van der Waals surface area contributed by atoms with E-state index in [4.69, 9.17) is 0 Å². The second-order valence-electron chi connectivity index (χ2n) is 12.3. The summed E-state index contributed by atoms with van der Waals surface area (Å²) >= 11 is 0. The Kier molecular flexibility index (Phi) is 7.16. The molecule has 3 saturated carbocycles. The fourth-order valence-electron chi connectivity index (χ4n) is 9.04. The molecule has 2 aliphatic heterocycles. The Bertz CT molecular complexity index is 886. The molecule has 2 heterocycles. The second kappa shape index (κ2) is 9.55. The third-order valence-electron chi connectivity index (χ3n) is 11.3. The van der Waals surface area contributed by atoms with Crippen LogP contribution >= 0.6 is 0 Å². The van der Waals surface area contributed by atoms with Gasteiger partial charge in [0.1, 0.15) is 0 Å². The van der Waals surface area contributed by atoms with E-state index < -0.39 is 0 Å². The Hall–Kier alpha value is -1.85. The molecule has 3 amide bonds. The summed E-state index contributed by atoms with van der Waals surface area (Å²) < 4.78 is 0. The minimum absolute atomic E-state index is 0.0402. The van der Waals surface area contributed by atoms with E-state index in [1.165, 1.54) is 32.1 Å². The van der Waals surface area contributed by atoms with Crippen LogP contribution in [0.25, 0.3) is 0 Å². The van der Waals surface area contributed by atoms with Crippen molar-refractivity contribution in [2.24, 2.45) is 34.0 Å². The highest BCUT2D eigenvalue weighted by Crippen LogP contribution is 2.71. The first-order chi connectivity index (χ1) is 16.6. The first-order valence-electron chi connectivity index (χ1n) is 14.1. The summed E-state index contributed by atoms with van der Waals surface area (Å²) in [5, 5.41) is 2.81. The largest absolute Gasteiger partial charge is 0.353 e. The summed E-state index contributed by atoms with van der Waals surface area (Å²) in [5.41, 5.74) is 0.617. The zero-order valence-electron chi connectivity index (χ0n) is 22.9. The molecule has 0 bridgehead atoms. The van der Waals surface area contributed by atoms with E-state index in [9.17, 15) is 14.4 Å². The van der Waals surface area contributed by atoms with Crippen LogP contribution < -0.4 is 5.32 Å². The van der Waals surface area contributed by atoms with Gasteiger partial charge in [-0.1, -0.05) is 40.7 Å². The number of hydrogen-bond acceptors (Lipinski definition) is 3. The monoisotopic (exact) mass is 485 g/mol. The summed E-state index contributed by atoms with van der Waals surface area (Å²) in [6.07, 6.45) is 12.8. The number of likely N-dealkylation sites (N-methyl/N-ethyl adjacent to an activating group) is 1. The maximum absolute atomic E-state index is 12.8. The van der Waals surface area contributed by atoms with Gasteiger partial charge >= 0.3 is 0 Å². The zero-order chi connectivity index (χ0) is 25.6. The molecule has 5 unspecified atom stereocenters. The minimum Gasteiger partial charge on any atom is -0.353 e. The van der Waals surface area contributed by atoms with Crippen molar-refractivity contribution in [1.82, 2.24) is 15.1 Å². The Labute approximate surface area is 212 Å². The molecule has 1 saturated heterocycles. The third kappa shape index (κ3) is 4.03. The molecule has 35 heavy (non-hydrogen) atoms. The lowest BCUT2D eigenvalue weighted by Crippen LogP contribution is -2.61. The molecular weight excluding hydrogens is 438 g/mol. The zero-order valence-corrected chi connectivity index (χ0v) is 22.9. The molecule has 5 aliphatic rings. The number of fused-ring (bicyclic) bond motifs is 5. The fraction of sp³-hybridized carbons (Fsp3) is 0.828. The number of carbonyl (C=O) groups is 3. The van der Waals surface area contributed by atoms with Crippen molar-refractivity contribution in [1.29, 1.82) is 0 Å². The van der Waals surface area contributed by atoms with Crippen molar-refractivity contribution in [3.05, 3.63) is 12.2 Å². The van der Waals surface area contributed by atoms with Crippen molar-refractivity contribution in [2.45, 2.75) is 92.0 Å². The minimum atomic E-state index is -0.0402. The molecule has 0 aromatic heterocycles. The maximum Gasteiger partial charge on any atom is 0.246 e. The van der Waals surface area contributed by atoms with Crippen LogP contribution in [-0.2, 0) is 14.4 Å². The van der Waals surface area contributed by atoms with E-state index in [1.54, 1.807) is 4.90 Å². The highest BCUT2D eigenvalue weighted by atomic mass is 16.2. The van der Waals surface area contributed by atoms with E-state index in [1.807, 2.05) is 31.9 Å². The van der Waals surface area contributed by atoms with Crippen LogP contribution in [0, 0.1) is 34.0 Å². The summed E-state index contributed by atoms with van der Waals surface area (Å²) in [5.74, 6) is 2.12. The second-order valence-corrected chi connectivity index (χ2v) is 12.3. The van der Waals surface area contributed by atoms with Crippen LogP contribution in [0.5, 0.6) is 0 Å². The number of hydrogen-bond donors (Lipinski definition) is 1. The fourth-order valence-corrected chi connectivity index (χ4v) is 9.04. The van der Waals surface area contributed by atoms with Gasteiger partial charge in [0.2, 0.25) is 17.7 Å². The summed E-state index contributed by atoms with van der Waals surface area (Å²) in [6.45, 7) is 12.9. The molecule has 0 radical (unpaired) electrons. The van der Waals surface area contributed by atoms with E-state index in [0.717, 1.165) is 12.8 Å². The van der Waals surface area contributed by atoms with Gasteiger partial charge in [0.15, 0.2) is 0 Å². The maximum atomic E-state index is 12.8. The SMILES string of the molecule is CC.CN1C(=O)C=C[C@]2(C)C3CC[C@]4(C)C(CCC(=O)N5CCNC(=O)C5)CCC4(C)C3CCC12. The predicted molar refractivity (Wildman–Crippen MR) is 138 cm³/mol. The van der Waals surface area contributed by atoms with Gasteiger partial charge in [0.25, 0.3) is 0 Å². The predicted octanol–water partition coefficient (Wildman–Crippen LogP) is 4.40. The van der Waals surface area contributed by atoms with Crippen LogP contribution in [0.15, 0.2) is 12.2 Å². The van der Waals surface area contributed by atoms with Crippen molar-refractivity contribution in [3.63, 3.8) is 0 Å². The number of rotatable bonds is 3. The van der Waals surface area contributed by atoms with Crippen LogP contribution in [0.2, 0.25) is 0 Å². The van der Waals surface area contributed by atoms with Gasteiger partial charge in [-0.15, -0.1) is 0 Å². The summed E-state index contributed by atoms with van der Waals surface area (Å²) in [6, 6.07) is 0.320. The molecule has 7 atom stereocenters. The van der Waals surface area contributed by atoms with Crippen molar-refractivity contribution < 1.29 is 14.4 Å². The molecular formula is C29H47N3O3. The van der Waals surface area contributed by atoms with Crippen LogP contribution in [0.3, 0.4) is 0 Å². The normalized spacial score (nSPS) is 42.3. The Balaban J connectivity index is 0.00000141. The average Bonchev–Trinajstić information content (AvgIpc) is 3.12. The van der Waals surface area contributed by atoms with Gasteiger partial charge < -0.3 is 15.1 Å². The van der Waals surface area contributed by atoms with E-state index in [0.29, 0.717) is 43.3 Å². The molecule has 6 nitrogen and oxygen atoms in total. The van der Waals surface area contributed by atoms with E-state index in [-0.39, 0.29) is 40.5 Å². The molecule has 1 N–H and O–H groups in total. The first-order valence-corrected chi connectivity index (χ1v) is 14.1. The quantitative estimate of drug-likeness (QED) is 0.644. The standard InChI is InChI=1S/C27H41N3O3.C2H6/c1-25-12-11-23(32)29(4)21(25)7-6-20-19(25)10-14-26(2)18(9-13-27(20,26)3)5-8-24(33)30-16-15-28-22(31)17-30;1-2/h11-12,18-21H,5-10,13-17H2,1-4H3,(H,28,31);1-2H3/t18?,19?,20?,21?,25-,26-,27?;/m1./s1. The molecule has 196 valence electrons. The van der Waals surface area contributed by atoms with Gasteiger partial charge in [0, 0.05) is 38.0 Å². The van der Waals surface area contributed by atoms with Crippen LogP contribution in [0.1, 0.15) is 86.0 Å². The lowest BCUT2D eigenvalue weighted by molar-refractivity contribution is -0.151. The van der Waals surface area contributed by atoms with Crippen LogP contribution in [0.4, 0.5) is 0 Å². The average molecular weight is 486 g/mol. The van der Waals surface area contributed by atoms with Crippen molar-refractivity contribution in [3.8, 4) is 0 Å². The number of nitrogens with zero attached hydrogens (tertiary/aromatic N) is 2. The highest BCUT2D eigenvalue weighted by molar-refractivity contribution is 5.89. The number of piperazine rings is 1. The van der Waals surface area contributed by atoms with Gasteiger partial charge in [-0.05, 0) is 79.6 Å². The molecule has 4 fully saturated rings. The Morgan fingerprint density at radius 3 is 2.46 bits per heavy atom. The Morgan fingerprint density at radius 1 is 1.03 bits per heavy atom. The van der Waals surface area contributed by atoms with E-state index >= 15 is 0 Å². The first kappa shape index (κ1) is 26.2. The topological polar surface area (TPSA) is 69.7 Å². The van der Waals surface area contributed by atoms with Crippen LogP contribution in [-0.4, -0.2) is 60.2 Å². The van der Waals surface area contributed by atoms with Crippen molar-refractivity contribution >= 4 is 17.7 Å². The molecule has 6 heteroatoms. The van der Waals surface area contributed by atoms with Gasteiger partial charge in [0.05, 0.1) is 6.54 Å². The molecule has 0 aromatic rings.